The summed E-state index contributed by atoms with van der Waals surface area (Å²) in [7, 11) is 0. The summed E-state index contributed by atoms with van der Waals surface area (Å²) in [6.07, 6.45) is -3.11. The molecule has 100 valence electrons. The van der Waals surface area contributed by atoms with Gasteiger partial charge in [-0.2, -0.15) is 0 Å². The van der Waals surface area contributed by atoms with Crippen molar-refractivity contribution in [2.75, 3.05) is 25.7 Å². The van der Waals surface area contributed by atoms with E-state index in [1.807, 2.05) is 0 Å². The number of aliphatic hydroxyl groups is 6. The van der Waals surface area contributed by atoms with Crippen LogP contribution in [0.15, 0.2) is 0 Å². The zero-order valence-electron chi connectivity index (χ0n) is 9.22. The largest absolute Gasteiger partial charge is 0.617 e. The lowest BCUT2D eigenvalue weighted by molar-refractivity contribution is -0.123. The predicted octanol–water partition coefficient (Wildman–Crippen LogP) is -3.59. The van der Waals surface area contributed by atoms with Crippen molar-refractivity contribution in [3.8, 4) is 0 Å². The Kier molecular flexibility index (Phi) is 11.8. The highest BCUT2D eigenvalue weighted by Gasteiger charge is 2.29. The lowest BCUT2D eigenvalue weighted by atomic mass is 10.0. The van der Waals surface area contributed by atoms with Crippen molar-refractivity contribution in [3.05, 3.63) is 0 Å². The van der Waals surface area contributed by atoms with Crippen molar-refractivity contribution in [1.82, 2.24) is 0 Å². The van der Waals surface area contributed by atoms with Crippen molar-refractivity contribution in [2.45, 2.75) is 24.4 Å². The van der Waals surface area contributed by atoms with Gasteiger partial charge in [0, 0.05) is 0 Å². The molecule has 16 heavy (non-hydrogen) atoms. The average molecular weight is 260 g/mol. The SMILES string of the molecule is C[S+](C)[O-].OC[C@@H](O)[C@@H](O)[C@H](O)[C@@H](O)CO. The zero-order valence-corrected chi connectivity index (χ0v) is 10.0. The van der Waals surface area contributed by atoms with Gasteiger partial charge >= 0.3 is 0 Å². The fourth-order valence-corrected chi connectivity index (χ4v) is 0.671. The fourth-order valence-electron chi connectivity index (χ4n) is 0.671. The lowest BCUT2D eigenvalue weighted by Crippen LogP contribution is -2.46. The first kappa shape index (κ1) is 18.4. The van der Waals surface area contributed by atoms with E-state index in [4.69, 9.17) is 30.6 Å². The maximum atomic E-state index is 9.56. The second kappa shape index (κ2) is 10.2. The first-order chi connectivity index (χ1) is 7.27. The van der Waals surface area contributed by atoms with Crippen LogP contribution < -0.4 is 0 Å². The zero-order chi connectivity index (χ0) is 13.3. The van der Waals surface area contributed by atoms with Gasteiger partial charge in [0.25, 0.3) is 0 Å². The van der Waals surface area contributed by atoms with Gasteiger partial charge in [0.15, 0.2) is 0 Å². The predicted molar refractivity (Wildman–Crippen MR) is 58.2 cm³/mol. The van der Waals surface area contributed by atoms with Gasteiger partial charge in [-0.15, -0.1) is 0 Å². The van der Waals surface area contributed by atoms with Gasteiger partial charge in [0.2, 0.25) is 0 Å². The molecule has 0 unspecified atom stereocenters. The Hall–Kier alpha value is 0.0700. The Morgan fingerprint density at radius 3 is 1.19 bits per heavy atom. The van der Waals surface area contributed by atoms with Crippen molar-refractivity contribution < 1.29 is 35.2 Å². The summed E-state index contributed by atoms with van der Waals surface area (Å²) in [5.74, 6) is 0. The average Bonchev–Trinajstić information content (AvgIpc) is 2.24. The summed E-state index contributed by atoms with van der Waals surface area (Å²) in [5.41, 5.74) is 0. The Morgan fingerprint density at radius 1 is 0.875 bits per heavy atom. The lowest BCUT2D eigenvalue weighted by Gasteiger charge is -2.24. The third kappa shape index (κ3) is 9.31. The molecule has 0 aromatic carbocycles. The van der Waals surface area contributed by atoms with Crippen LogP contribution in [0.2, 0.25) is 0 Å². The van der Waals surface area contributed by atoms with E-state index in [-0.39, 0.29) is 0 Å². The molecule has 0 heterocycles. The highest BCUT2D eigenvalue weighted by molar-refractivity contribution is 7.89. The number of rotatable bonds is 5. The van der Waals surface area contributed by atoms with Crippen LogP contribution in [-0.4, -0.2) is 85.3 Å². The van der Waals surface area contributed by atoms with Crippen LogP contribution in [0.4, 0.5) is 0 Å². The molecule has 0 fully saturated rings. The summed E-state index contributed by atoms with van der Waals surface area (Å²) in [6.45, 7) is -1.45. The van der Waals surface area contributed by atoms with E-state index in [0.29, 0.717) is 0 Å². The third-order valence-electron chi connectivity index (χ3n) is 1.51. The van der Waals surface area contributed by atoms with Gasteiger partial charge in [-0.1, -0.05) is 11.2 Å². The van der Waals surface area contributed by atoms with Crippen LogP contribution in [0, 0.1) is 0 Å². The van der Waals surface area contributed by atoms with Crippen molar-refractivity contribution in [2.24, 2.45) is 0 Å². The van der Waals surface area contributed by atoms with Gasteiger partial charge in [0.1, 0.15) is 24.4 Å². The maximum Gasteiger partial charge on any atom is 0.111 e. The third-order valence-corrected chi connectivity index (χ3v) is 1.51. The summed E-state index contributed by atoms with van der Waals surface area (Å²) < 4.78 is 9.56. The molecular weight excluding hydrogens is 240 g/mol. The van der Waals surface area contributed by atoms with Gasteiger partial charge < -0.3 is 35.2 Å². The van der Waals surface area contributed by atoms with Gasteiger partial charge in [-0.05, 0) is 0 Å². The Balaban J connectivity index is 0. The summed E-state index contributed by atoms with van der Waals surface area (Å²) in [4.78, 5) is 0. The molecule has 0 bridgehead atoms. The summed E-state index contributed by atoms with van der Waals surface area (Å²) in [6, 6.07) is 0. The Morgan fingerprint density at radius 2 is 1.06 bits per heavy atom. The molecule has 0 radical (unpaired) electrons. The standard InChI is InChI=1S/C6H14O6.C2H6OS/c7-1-3(9)5(11)6(12)4(10)2-8;1-4(2)3/h3-12H,1-2H2;1-2H3/t3-,4+,5-,6-;/m1./s1. The van der Waals surface area contributed by atoms with E-state index in [9.17, 15) is 4.55 Å². The molecule has 0 amide bonds. The van der Waals surface area contributed by atoms with Crippen LogP contribution in [0.3, 0.4) is 0 Å². The summed E-state index contributed by atoms with van der Waals surface area (Å²) in [5, 5.41) is 52.2. The maximum absolute atomic E-state index is 9.56. The monoisotopic (exact) mass is 260 g/mol. The van der Waals surface area contributed by atoms with E-state index in [0.717, 1.165) is 0 Å². The number of aliphatic hydroxyl groups excluding tert-OH is 6. The van der Waals surface area contributed by atoms with Crippen LogP contribution in [0.1, 0.15) is 0 Å². The number of hydrogen-bond acceptors (Lipinski definition) is 7. The number of hydrogen-bond donors (Lipinski definition) is 6. The molecule has 0 aromatic rings. The molecule has 0 aromatic heterocycles. The smallest absolute Gasteiger partial charge is 0.111 e. The quantitative estimate of drug-likeness (QED) is 0.280. The molecule has 0 saturated carbocycles. The van der Waals surface area contributed by atoms with Crippen LogP contribution >= 0.6 is 0 Å². The Labute approximate surface area is 97.2 Å². The highest BCUT2D eigenvalue weighted by atomic mass is 32.2. The second-order valence-electron chi connectivity index (χ2n) is 3.22. The molecule has 0 spiro atoms. The van der Waals surface area contributed by atoms with Crippen LogP contribution in [0.5, 0.6) is 0 Å². The van der Waals surface area contributed by atoms with Gasteiger partial charge in [-0.3, -0.25) is 0 Å². The van der Waals surface area contributed by atoms with Crippen LogP contribution in [-0.2, 0) is 11.2 Å². The molecule has 0 aliphatic carbocycles. The van der Waals surface area contributed by atoms with E-state index in [1.54, 1.807) is 12.5 Å². The van der Waals surface area contributed by atoms with E-state index < -0.39 is 48.8 Å². The van der Waals surface area contributed by atoms with Crippen LogP contribution in [0.25, 0.3) is 0 Å². The molecule has 0 aliphatic rings. The van der Waals surface area contributed by atoms with Crippen molar-refractivity contribution >= 4 is 11.2 Å². The molecular formula is C8H20O7S. The molecule has 6 N–H and O–H groups in total. The molecule has 0 aliphatic heterocycles. The normalized spacial score (nSPS) is 18.4. The second-order valence-corrected chi connectivity index (χ2v) is 4.71. The first-order valence-corrected chi connectivity index (χ1v) is 6.43. The first-order valence-electron chi connectivity index (χ1n) is 4.46. The topological polar surface area (TPSA) is 144 Å². The Bertz CT molecular complexity index is 141. The molecule has 0 saturated heterocycles. The highest BCUT2D eigenvalue weighted by Crippen LogP contribution is 2.03. The molecule has 4 atom stereocenters. The molecule has 7 nitrogen and oxygen atoms in total. The minimum absolute atomic E-state index is 0.611. The van der Waals surface area contributed by atoms with Gasteiger partial charge in [-0.25, -0.2) is 0 Å². The molecule has 0 rings (SSSR count). The van der Waals surface area contributed by atoms with Crippen molar-refractivity contribution in [1.29, 1.82) is 0 Å². The van der Waals surface area contributed by atoms with E-state index in [1.165, 1.54) is 0 Å². The van der Waals surface area contributed by atoms with Gasteiger partial charge in [0.05, 0.1) is 25.7 Å². The summed E-state index contributed by atoms with van der Waals surface area (Å²) >= 11 is -0.611. The van der Waals surface area contributed by atoms with Crippen molar-refractivity contribution in [3.63, 3.8) is 0 Å². The molecule has 8 heteroatoms. The minimum Gasteiger partial charge on any atom is -0.617 e. The minimum atomic E-state index is -1.67. The van der Waals surface area contributed by atoms with E-state index in [2.05, 4.69) is 0 Å². The van der Waals surface area contributed by atoms with E-state index >= 15 is 0 Å². The fraction of sp³-hybridized carbons (Fsp3) is 1.00.